The van der Waals surface area contributed by atoms with Crippen molar-refractivity contribution < 1.29 is 4.74 Å². The van der Waals surface area contributed by atoms with E-state index in [-0.39, 0.29) is 6.10 Å². The summed E-state index contributed by atoms with van der Waals surface area (Å²) >= 11 is 0. The molecule has 0 aromatic carbocycles. The average Bonchev–Trinajstić information content (AvgIpc) is 2.92. The number of hydrogen-bond donors (Lipinski definition) is 1. The third-order valence-electron chi connectivity index (χ3n) is 4.00. The van der Waals surface area contributed by atoms with Crippen LogP contribution < -0.4 is 5.32 Å². The summed E-state index contributed by atoms with van der Waals surface area (Å²) in [4.78, 5) is 0. The maximum atomic E-state index is 5.48. The van der Waals surface area contributed by atoms with E-state index in [1.54, 1.807) is 7.11 Å². The van der Waals surface area contributed by atoms with Crippen molar-refractivity contribution in [2.75, 3.05) is 13.7 Å². The minimum absolute atomic E-state index is 0.194. The second-order valence-electron chi connectivity index (χ2n) is 5.46. The molecule has 1 aromatic heterocycles. The molecule has 2 atom stereocenters. The van der Waals surface area contributed by atoms with Crippen molar-refractivity contribution in [1.82, 2.24) is 15.1 Å². The van der Waals surface area contributed by atoms with E-state index in [1.165, 1.54) is 0 Å². The summed E-state index contributed by atoms with van der Waals surface area (Å²) in [6.07, 6.45) is 6.62. The lowest BCUT2D eigenvalue weighted by Crippen LogP contribution is -2.41. The molecule has 1 aromatic rings. The number of nitrogens with one attached hydrogen (secondary N) is 1. The van der Waals surface area contributed by atoms with Gasteiger partial charge >= 0.3 is 0 Å². The first kappa shape index (κ1) is 17.2. The molecule has 1 rings (SSSR count). The Labute approximate surface area is 123 Å². The van der Waals surface area contributed by atoms with Crippen LogP contribution in [0.1, 0.15) is 58.7 Å². The van der Waals surface area contributed by atoms with Gasteiger partial charge in [-0.3, -0.25) is 4.68 Å². The number of ether oxygens (including phenoxy) is 1. The zero-order chi connectivity index (χ0) is 15.0. The van der Waals surface area contributed by atoms with E-state index in [0.29, 0.717) is 12.1 Å². The Morgan fingerprint density at radius 2 is 2.00 bits per heavy atom. The normalized spacial score (nSPS) is 14.7. The van der Waals surface area contributed by atoms with E-state index >= 15 is 0 Å². The van der Waals surface area contributed by atoms with Crippen molar-refractivity contribution in [2.24, 2.45) is 0 Å². The van der Waals surface area contributed by atoms with Crippen LogP contribution in [0, 0.1) is 0 Å². The van der Waals surface area contributed by atoms with Crippen LogP contribution in [0.2, 0.25) is 0 Å². The van der Waals surface area contributed by atoms with E-state index in [2.05, 4.69) is 50.0 Å². The number of rotatable bonds is 10. The molecule has 0 saturated carbocycles. The molecular weight excluding hydrogens is 250 g/mol. The number of methoxy groups -OCH3 is 1. The molecule has 0 saturated heterocycles. The van der Waals surface area contributed by atoms with Crippen LogP contribution in [0.25, 0.3) is 0 Å². The third kappa shape index (κ3) is 4.91. The first-order valence-electron chi connectivity index (χ1n) is 7.96. The number of nitrogens with zero attached hydrogens (tertiary/aromatic N) is 2. The van der Waals surface area contributed by atoms with Crippen LogP contribution in [0.15, 0.2) is 12.3 Å². The quantitative estimate of drug-likeness (QED) is 0.716. The molecule has 0 amide bonds. The second-order valence-corrected chi connectivity index (χ2v) is 5.46. The average molecular weight is 281 g/mol. The lowest BCUT2D eigenvalue weighted by molar-refractivity contribution is 0.0827. The minimum Gasteiger partial charge on any atom is -0.380 e. The van der Waals surface area contributed by atoms with E-state index < -0.39 is 0 Å². The summed E-state index contributed by atoms with van der Waals surface area (Å²) < 4.78 is 7.60. The first-order valence-corrected chi connectivity index (χ1v) is 7.96. The molecule has 1 N–H and O–H groups in total. The molecule has 0 spiro atoms. The Morgan fingerprint density at radius 1 is 1.30 bits per heavy atom. The van der Waals surface area contributed by atoms with Crippen LogP contribution in [0.5, 0.6) is 0 Å². The standard InChI is InChI=1S/C16H31N3O/c1-6-10-17-16(13(4)20-5)12-14-9-11-19(18-14)15(7-2)8-3/h9,11,13,15-17H,6-8,10,12H2,1-5H3. The number of hydrogen-bond acceptors (Lipinski definition) is 3. The van der Waals surface area contributed by atoms with Gasteiger partial charge < -0.3 is 10.1 Å². The Morgan fingerprint density at radius 3 is 2.55 bits per heavy atom. The monoisotopic (exact) mass is 281 g/mol. The van der Waals surface area contributed by atoms with E-state index in [9.17, 15) is 0 Å². The van der Waals surface area contributed by atoms with Crippen molar-refractivity contribution in [3.63, 3.8) is 0 Å². The second kappa shape index (κ2) is 9.14. The zero-order valence-electron chi connectivity index (χ0n) is 13.7. The molecule has 2 unspecified atom stereocenters. The Bertz CT molecular complexity index is 360. The van der Waals surface area contributed by atoms with Crippen LogP contribution in [-0.2, 0) is 11.2 Å². The molecule has 4 nitrogen and oxygen atoms in total. The van der Waals surface area contributed by atoms with Gasteiger partial charge in [-0.2, -0.15) is 5.10 Å². The van der Waals surface area contributed by atoms with Crippen LogP contribution in [0.3, 0.4) is 0 Å². The van der Waals surface area contributed by atoms with Crippen LogP contribution >= 0.6 is 0 Å². The van der Waals surface area contributed by atoms with Gasteiger partial charge in [-0.05, 0) is 38.8 Å². The fourth-order valence-electron chi connectivity index (χ4n) is 2.48. The summed E-state index contributed by atoms with van der Waals surface area (Å²) in [6.45, 7) is 9.75. The summed E-state index contributed by atoms with van der Waals surface area (Å²) in [5.74, 6) is 0. The van der Waals surface area contributed by atoms with E-state index in [4.69, 9.17) is 9.84 Å². The molecule has 0 radical (unpaired) electrons. The van der Waals surface area contributed by atoms with Gasteiger partial charge in [0, 0.05) is 25.8 Å². The van der Waals surface area contributed by atoms with Crippen LogP contribution in [-0.4, -0.2) is 35.6 Å². The van der Waals surface area contributed by atoms with Gasteiger partial charge in [-0.25, -0.2) is 0 Å². The smallest absolute Gasteiger partial charge is 0.0700 e. The topological polar surface area (TPSA) is 39.1 Å². The highest BCUT2D eigenvalue weighted by atomic mass is 16.5. The molecule has 116 valence electrons. The molecule has 0 aliphatic heterocycles. The SMILES string of the molecule is CCCNC(Cc1ccn(C(CC)CC)n1)C(C)OC. The van der Waals surface area contributed by atoms with Crippen LogP contribution in [0.4, 0.5) is 0 Å². The maximum Gasteiger partial charge on any atom is 0.0700 e. The van der Waals surface area contributed by atoms with Gasteiger partial charge in [-0.15, -0.1) is 0 Å². The Kier molecular flexibility index (Phi) is 7.85. The van der Waals surface area contributed by atoms with Crippen molar-refractivity contribution in [3.05, 3.63) is 18.0 Å². The highest BCUT2D eigenvalue weighted by Crippen LogP contribution is 2.15. The molecule has 0 aliphatic carbocycles. The number of aromatic nitrogens is 2. The third-order valence-corrected chi connectivity index (χ3v) is 4.00. The zero-order valence-corrected chi connectivity index (χ0v) is 13.7. The van der Waals surface area contributed by atoms with Crippen molar-refractivity contribution in [3.8, 4) is 0 Å². The van der Waals surface area contributed by atoms with Gasteiger partial charge in [0.05, 0.1) is 17.8 Å². The van der Waals surface area contributed by atoms with Crippen molar-refractivity contribution in [2.45, 2.75) is 71.6 Å². The van der Waals surface area contributed by atoms with Gasteiger partial charge in [0.25, 0.3) is 0 Å². The molecule has 4 heteroatoms. The molecular formula is C16H31N3O. The van der Waals surface area contributed by atoms with Gasteiger partial charge in [-0.1, -0.05) is 20.8 Å². The van der Waals surface area contributed by atoms with E-state index in [0.717, 1.165) is 37.9 Å². The highest BCUT2D eigenvalue weighted by Gasteiger charge is 2.18. The lowest BCUT2D eigenvalue weighted by atomic mass is 10.1. The van der Waals surface area contributed by atoms with E-state index in [1.807, 2.05) is 0 Å². The molecule has 0 fully saturated rings. The summed E-state index contributed by atoms with van der Waals surface area (Å²) in [6, 6.07) is 2.98. The highest BCUT2D eigenvalue weighted by molar-refractivity contribution is 5.03. The maximum absolute atomic E-state index is 5.48. The predicted molar refractivity (Wildman–Crippen MR) is 84.1 cm³/mol. The molecule has 1 heterocycles. The largest absolute Gasteiger partial charge is 0.380 e. The minimum atomic E-state index is 0.194. The Hall–Kier alpha value is -0.870. The van der Waals surface area contributed by atoms with Crippen molar-refractivity contribution >= 4 is 0 Å². The van der Waals surface area contributed by atoms with Gasteiger partial charge in [0.2, 0.25) is 0 Å². The summed E-state index contributed by atoms with van der Waals surface area (Å²) in [5, 5.41) is 8.30. The van der Waals surface area contributed by atoms with Gasteiger partial charge in [0.1, 0.15) is 0 Å². The molecule has 0 aliphatic rings. The molecule has 20 heavy (non-hydrogen) atoms. The summed E-state index contributed by atoms with van der Waals surface area (Å²) in [7, 11) is 1.77. The van der Waals surface area contributed by atoms with Crippen molar-refractivity contribution in [1.29, 1.82) is 0 Å². The van der Waals surface area contributed by atoms with Gasteiger partial charge in [0.15, 0.2) is 0 Å². The Balaban J connectivity index is 2.68. The predicted octanol–water partition coefficient (Wildman–Crippen LogP) is 3.19. The summed E-state index contributed by atoms with van der Waals surface area (Å²) in [5.41, 5.74) is 1.15. The fourth-order valence-corrected chi connectivity index (χ4v) is 2.48. The lowest BCUT2D eigenvalue weighted by Gasteiger charge is -2.23. The fraction of sp³-hybridized carbons (Fsp3) is 0.812. The first-order chi connectivity index (χ1) is 9.65. The molecule has 0 bridgehead atoms.